The largest absolute Gasteiger partial charge is 0.395 e. The minimum absolute atomic E-state index is 0.0556. The maximum atomic E-state index is 12.2. The zero-order valence-electron chi connectivity index (χ0n) is 13.0. The van der Waals surface area contributed by atoms with E-state index in [0.29, 0.717) is 19.1 Å². The van der Waals surface area contributed by atoms with E-state index < -0.39 is 0 Å². The topological polar surface area (TPSA) is 52.6 Å². The number of aliphatic hydroxyl groups is 1. The smallest absolute Gasteiger partial charge is 0.238 e. The van der Waals surface area contributed by atoms with Crippen LogP contribution in [0.5, 0.6) is 0 Å². The summed E-state index contributed by atoms with van der Waals surface area (Å²) in [5.41, 5.74) is 1.91. The van der Waals surface area contributed by atoms with Crippen LogP contribution in [0.25, 0.3) is 0 Å². The number of rotatable bonds is 8. The standard InChI is InChI=1S/C16H25BrN2O2/c1-4-13(5-2)19(8-9-20)11-16(21)18-15-7-6-12(3)10-14(15)17/h6-7,10,13,20H,4-5,8-9,11H2,1-3H3,(H,18,21). The van der Waals surface area contributed by atoms with E-state index in [1.807, 2.05) is 30.0 Å². The predicted molar refractivity (Wildman–Crippen MR) is 90.5 cm³/mol. The van der Waals surface area contributed by atoms with Crippen molar-refractivity contribution in [2.45, 2.75) is 39.7 Å². The molecule has 21 heavy (non-hydrogen) atoms. The van der Waals surface area contributed by atoms with E-state index in [0.717, 1.165) is 28.6 Å². The molecule has 0 atom stereocenters. The lowest BCUT2D eigenvalue weighted by molar-refractivity contribution is -0.118. The number of amides is 1. The Hall–Kier alpha value is -0.910. The Morgan fingerprint density at radius 3 is 2.57 bits per heavy atom. The van der Waals surface area contributed by atoms with Crippen molar-refractivity contribution in [3.63, 3.8) is 0 Å². The molecule has 5 heteroatoms. The van der Waals surface area contributed by atoms with Crippen molar-refractivity contribution in [1.29, 1.82) is 0 Å². The number of halogens is 1. The number of anilines is 1. The molecule has 0 saturated heterocycles. The molecule has 0 radical (unpaired) electrons. The van der Waals surface area contributed by atoms with Gasteiger partial charge in [0.15, 0.2) is 0 Å². The van der Waals surface area contributed by atoms with Gasteiger partial charge in [-0.15, -0.1) is 0 Å². The van der Waals surface area contributed by atoms with Gasteiger partial charge in [0.25, 0.3) is 0 Å². The minimum Gasteiger partial charge on any atom is -0.395 e. The molecular weight excluding hydrogens is 332 g/mol. The van der Waals surface area contributed by atoms with Crippen LogP contribution >= 0.6 is 15.9 Å². The molecule has 1 aromatic carbocycles. The average Bonchev–Trinajstić information content (AvgIpc) is 2.43. The van der Waals surface area contributed by atoms with E-state index in [9.17, 15) is 9.90 Å². The summed E-state index contributed by atoms with van der Waals surface area (Å²) in [5, 5.41) is 12.1. The van der Waals surface area contributed by atoms with E-state index in [2.05, 4.69) is 35.1 Å². The van der Waals surface area contributed by atoms with Crippen molar-refractivity contribution in [3.05, 3.63) is 28.2 Å². The molecule has 1 aromatic rings. The lowest BCUT2D eigenvalue weighted by Crippen LogP contribution is -2.42. The van der Waals surface area contributed by atoms with Crippen molar-refractivity contribution >= 4 is 27.5 Å². The number of nitrogens with one attached hydrogen (secondary N) is 1. The van der Waals surface area contributed by atoms with E-state index in [1.54, 1.807) is 0 Å². The number of carbonyl (C=O) groups is 1. The zero-order chi connectivity index (χ0) is 15.8. The Morgan fingerprint density at radius 2 is 2.05 bits per heavy atom. The van der Waals surface area contributed by atoms with Crippen LogP contribution in [0.15, 0.2) is 22.7 Å². The lowest BCUT2D eigenvalue weighted by Gasteiger charge is -2.29. The van der Waals surface area contributed by atoms with Crippen LogP contribution in [-0.4, -0.2) is 41.7 Å². The fourth-order valence-corrected chi connectivity index (χ4v) is 3.01. The maximum absolute atomic E-state index is 12.2. The molecule has 1 rings (SSSR count). The highest BCUT2D eigenvalue weighted by atomic mass is 79.9. The van der Waals surface area contributed by atoms with Gasteiger partial charge in [-0.25, -0.2) is 0 Å². The molecule has 0 heterocycles. The van der Waals surface area contributed by atoms with Crippen molar-refractivity contribution in [2.24, 2.45) is 0 Å². The van der Waals surface area contributed by atoms with Gasteiger partial charge in [-0.2, -0.15) is 0 Å². The van der Waals surface area contributed by atoms with Crippen LogP contribution in [-0.2, 0) is 4.79 Å². The molecule has 0 unspecified atom stereocenters. The summed E-state index contributed by atoms with van der Waals surface area (Å²) in [5.74, 6) is -0.0556. The number of hydrogen-bond donors (Lipinski definition) is 2. The van der Waals surface area contributed by atoms with E-state index in [1.165, 1.54) is 0 Å². The van der Waals surface area contributed by atoms with Crippen molar-refractivity contribution in [1.82, 2.24) is 4.90 Å². The first-order valence-corrected chi connectivity index (χ1v) is 8.22. The van der Waals surface area contributed by atoms with Gasteiger partial charge < -0.3 is 10.4 Å². The fourth-order valence-electron chi connectivity index (χ4n) is 2.42. The Labute approximate surface area is 135 Å². The summed E-state index contributed by atoms with van der Waals surface area (Å²) in [4.78, 5) is 14.3. The SMILES string of the molecule is CCC(CC)N(CCO)CC(=O)Nc1ccc(C)cc1Br. The van der Waals surface area contributed by atoms with E-state index >= 15 is 0 Å². The summed E-state index contributed by atoms with van der Waals surface area (Å²) in [6.45, 7) is 7.10. The Kier molecular flexibility index (Phi) is 7.93. The van der Waals surface area contributed by atoms with Crippen molar-refractivity contribution < 1.29 is 9.90 Å². The quantitative estimate of drug-likeness (QED) is 0.751. The van der Waals surface area contributed by atoms with Gasteiger partial charge in [0.2, 0.25) is 5.91 Å². The third-order valence-electron chi connectivity index (χ3n) is 3.59. The molecule has 0 aromatic heterocycles. The molecule has 0 aliphatic heterocycles. The van der Waals surface area contributed by atoms with Crippen LogP contribution in [0.1, 0.15) is 32.3 Å². The Morgan fingerprint density at radius 1 is 1.38 bits per heavy atom. The summed E-state index contributed by atoms with van der Waals surface area (Å²) in [6, 6.07) is 6.16. The molecule has 118 valence electrons. The number of aryl methyl sites for hydroxylation is 1. The zero-order valence-corrected chi connectivity index (χ0v) is 14.6. The summed E-state index contributed by atoms with van der Waals surface area (Å²) in [6.07, 6.45) is 1.94. The summed E-state index contributed by atoms with van der Waals surface area (Å²) < 4.78 is 0.882. The fraction of sp³-hybridized carbons (Fsp3) is 0.562. The predicted octanol–water partition coefficient (Wildman–Crippen LogP) is 3.18. The molecule has 0 aliphatic carbocycles. The van der Waals surface area contributed by atoms with Crippen molar-refractivity contribution in [2.75, 3.05) is 25.0 Å². The number of nitrogens with zero attached hydrogens (tertiary/aromatic N) is 1. The van der Waals surface area contributed by atoms with Crippen molar-refractivity contribution in [3.8, 4) is 0 Å². The number of hydrogen-bond acceptors (Lipinski definition) is 3. The highest BCUT2D eigenvalue weighted by molar-refractivity contribution is 9.10. The highest BCUT2D eigenvalue weighted by Gasteiger charge is 2.18. The van der Waals surface area contributed by atoms with Gasteiger partial charge in [-0.05, 0) is 53.4 Å². The maximum Gasteiger partial charge on any atom is 0.238 e. The molecule has 0 saturated carbocycles. The van der Waals surface area contributed by atoms with Gasteiger partial charge >= 0.3 is 0 Å². The van der Waals surface area contributed by atoms with Crippen LogP contribution in [0.2, 0.25) is 0 Å². The van der Waals surface area contributed by atoms with Crippen LogP contribution < -0.4 is 5.32 Å². The molecule has 1 amide bonds. The van der Waals surface area contributed by atoms with Crippen LogP contribution in [0, 0.1) is 6.92 Å². The molecule has 0 aliphatic rings. The molecule has 0 bridgehead atoms. The second-order valence-corrected chi connectivity index (χ2v) is 6.05. The molecule has 2 N–H and O–H groups in total. The van der Waals surface area contributed by atoms with E-state index in [4.69, 9.17) is 0 Å². The second kappa shape index (κ2) is 9.18. The second-order valence-electron chi connectivity index (χ2n) is 5.20. The third-order valence-corrected chi connectivity index (χ3v) is 4.25. The monoisotopic (exact) mass is 356 g/mol. The molecule has 0 fully saturated rings. The molecular formula is C16H25BrN2O2. The lowest BCUT2D eigenvalue weighted by atomic mass is 10.1. The first-order valence-electron chi connectivity index (χ1n) is 7.42. The molecule has 0 spiro atoms. The first kappa shape index (κ1) is 18.1. The summed E-state index contributed by atoms with van der Waals surface area (Å²) in [7, 11) is 0. The van der Waals surface area contributed by atoms with Gasteiger partial charge in [0.1, 0.15) is 0 Å². The van der Waals surface area contributed by atoms with Gasteiger partial charge in [0, 0.05) is 17.1 Å². The van der Waals surface area contributed by atoms with Crippen LogP contribution in [0.4, 0.5) is 5.69 Å². The van der Waals surface area contributed by atoms with Gasteiger partial charge in [-0.3, -0.25) is 9.69 Å². The normalized spacial score (nSPS) is 11.2. The first-order chi connectivity index (χ1) is 10.0. The minimum atomic E-state index is -0.0556. The van der Waals surface area contributed by atoms with Gasteiger partial charge in [0.05, 0.1) is 18.8 Å². The van der Waals surface area contributed by atoms with Gasteiger partial charge in [-0.1, -0.05) is 19.9 Å². The Bertz CT molecular complexity index is 462. The number of benzene rings is 1. The third kappa shape index (κ3) is 5.77. The average molecular weight is 357 g/mol. The number of carbonyl (C=O) groups excluding carboxylic acids is 1. The summed E-state index contributed by atoms with van der Waals surface area (Å²) >= 11 is 3.46. The van der Waals surface area contributed by atoms with Crippen LogP contribution in [0.3, 0.4) is 0 Å². The highest BCUT2D eigenvalue weighted by Crippen LogP contribution is 2.23. The molecule has 4 nitrogen and oxygen atoms in total. The Balaban J connectivity index is 2.69. The van der Waals surface area contributed by atoms with E-state index in [-0.39, 0.29) is 12.5 Å². The number of aliphatic hydroxyl groups excluding tert-OH is 1.